The topological polar surface area (TPSA) is 124 Å². The van der Waals surface area contributed by atoms with Crippen molar-refractivity contribution >= 4 is 11.5 Å². The molecule has 2 aromatic rings. The van der Waals surface area contributed by atoms with Gasteiger partial charge in [0.1, 0.15) is 6.61 Å². The SMILES string of the molecule is N/C(=N/O)c1cnc(OCc2ccccc2)c([N+](=O)[O-])c1. The lowest BCUT2D eigenvalue weighted by Crippen LogP contribution is -2.14. The molecule has 0 radical (unpaired) electrons. The Hall–Kier alpha value is -3.16. The number of benzene rings is 1. The number of aromatic nitrogens is 1. The number of ether oxygens (including phenoxy) is 1. The molecule has 8 nitrogen and oxygen atoms in total. The van der Waals surface area contributed by atoms with Gasteiger partial charge in [-0.1, -0.05) is 35.5 Å². The molecule has 0 unspecified atom stereocenters. The van der Waals surface area contributed by atoms with Crippen molar-refractivity contribution in [3.63, 3.8) is 0 Å². The van der Waals surface area contributed by atoms with E-state index in [1.807, 2.05) is 30.3 Å². The van der Waals surface area contributed by atoms with E-state index < -0.39 is 4.92 Å². The summed E-state index contributed by atoms with van der Waals surface area (Å²) >= 11 is 0. The molecule has 0 aliphatic carbocycles. The number of nitrogens with zero attached hydrogens (tertiary/aromatic N) is 3. The second-order valence-electron chi connectivity index (χ2n) is 4.06. The normalized spacial score (nSPS) is 11.1. The van der Waals surface area contributed by atoms with Crippen LogP contribution in [0.2, 0.25) is 0 Å². The highest BCUT2D eigenvalue weighted by molar-refractivity contribution is 5.97. The van der Waals surface area contributed by atoms with Crippen molar-refractivity contribution in [1.29, 1.82) is 0 Å². The lowest BCUT2D eigenvalue weighted by Gasteiger charge is -2.07. The molecule has 2 rings (SSSR count). The third kappa shape index (κ3) is 3.44. The number of hydrogen-bond acceptors (Lipinski definition) is 6. The first-order chi connectivity index (χ1) is 10.1. The second-order valence-corrected chi connectivity index (χ2v) is 4.06. The van der Waals surface area contributed by atoms with Gasteiger partial charge < -0.3 is 15.7 Å². The molecule has 1 heterocycles. The van der Waals surface area contributed by atoms with Crippen LogP contribution in [0.5, 0.6) is 5.88 Å². The summed E-state index contributed by atoms with van der Waals surface area (Å²) in [6.45, 7) is 0.150. The number of amidine groups is 1. The molecule has 1 aromatic heterocycles. The lowest BCUT2D eigenvalue weighted by molar-refractivity contribution is -0.386. The monoisotopic (exact) mass is 288 g/mol. The van der Waals surface area contributed by atoms with E-state index in [4.69, 9.17) is 15.7 Å². The molecular formula is C13H12N4O4. The minimum absolute atomic E-state index is 0.127. The van der Waals surface area contributed by atoms with E-state index in [2.05, 4.69) is 10.1 Å². The molecule has 0 aliphatic heterocycles. The van der Waals surface area contributed by atoms with Gasteiger partial charge in [-0.05, 0) is 5.56 Å². The van der Waals surface area contributed by atoms with E-state index >= 15 is 0 Å². The van der Waals surface area contributed by atoms with E-state index in [9.17, 15) is 10.1 Å². The van der Waals surface area contributed by atoms with Crippen LogP contribution in [0.1, 0.15) is 11.1 Å². The van der Waals surface area contributed by atoms with E-state index in [1.165, 1.54) is 6.20 Å². The molecule has 0 saturated carbocycles. The number of hydrogen-bond donors (Lipinski definition) is 2. The van der Waals surface area contributed by atoms with Crippen molar-refractivity contribution in [3.05, 3.63) is 63.8 Å². The predicted octanol–water partition coefficient (Wildman–Crippen LogP) is 1.66. The summed E-state index contributed by atoms with van der Waals surface area (Å²) < 4.78 is 5.36. The van der Waals surface area contributed by atoms with Crippen LogP contribution in [0, 0.1) is 10.1 Å². The quantitative estimate of drug-likeness (QED) is 0.283. The zero-order chi connectivity index (χ0) is 15.2. The first-order valence-corrected chi connectivity index (χ1v) is 5.91. The Morgan fingerprint density at radius 3 is 2.76 bits per heavy atom. The Bertz CT molecular complexity index is 673. The molecule has 108 valence electrons. The Kier molecular flexibility index (Phi) is 4.30. The van der Waals surface area contributed by atoms with Crippen molar-refractivity contribution in [2.24, 2.45) is 10.9 Å². The Morgan fingerprint density at radius 2 is 2.14 bits per heavy atom. The van der Waals surface area contributed by atoms with E-state index in [0.717, 1.165) is 11.6 Å². The van der Waals surface area contributed by atoms with E-state index in [0.29, 0.717) is 0 Å². The van der Waals surface area contributed by atoms with Crippen LogP contribution in [0.4, 0.5) is 5.69 Å². The van der Waals surface area contributed by atoms with Crippen molar-refractivity contribution in [3.8, 4) is 5.88 Å². The fourth-order valence-electron chi connectivity index (χ4n) is 1.61. The fraction of sp³-hybridized carbons (Fsp3) is 0.0769. The maximum Gasteiger partial charge on any atom is 0.331 e. The van der Waals surface area contributed by atoms with Gasteiger partial charge >= 0.3 is 5.69 Å². The van der Waals surface area contributed by atoms with Gasteiger partial charge in [0.15, 0.2) is 5.84 Å². The summed E-state index contributed by atoms with van der Waals surface area (Å²) in [5.41, 5.74) is 6.01. The molecule has 0 saturated heterocycles. The summed E-state index contributed by atoms with van der Waals surface area (Å²) in [6.07, 6.45) is 1.24. The van der Waals surface area contributed by atoms with Crippen LogP contribution in [0.3, 0.4) is 0 Å². The largest absolute Gasteiger partial charge is 0.468 e. The van der Waals surface area contributed by atoms with Crippen molar-refractivity contribution in [2.75, 3.05) is 0 Å². The molecular weight excluding hydrogens is 276 g/mol. The number of nitrogens with two attached hydrogens (primary N) is 1. The van der Waals surface area contributed by atoms with Crippen LogP contribution in [0.15, 0.2) is 47.8 Å². The number of rotatable bonds is 5. The molecule has 0 bridgehead atoms. The summed E-state index contributed by atoms with van der Waals surface area (Å²) in [4.78, 5) is 14.2. The molecule has 1 aromatic carbocycles. The summed E-state index contributed by atoms with van der Waals surface area (Å²) in [6, 6.07) is 10.3. The number of oxime groups is 1. The average molecular weight is 288 g/mol. The summed E-state index contributed by atoms with van der Waals surface area (Å²) in [5, 5.41) is 22.4. The van der Waals surface area contributed by atoms with Crippen LogP contribution in [-0.2, 0) is 6.61 Å². The highest BCUT2D eigenvalue weighted by Crippen LogP contribution is 2.25. The highest BCUT2D eigenvalue weighted by Gasteiger charge is 2.19. The van der Waals surface area contributed by atoms with Gasteiger partial charge in [0.2, 0.25) is 0 Å². The number of pyridine rings is 1. The van der Waals surface area contributed by atoms with Gasteiger partial charge in [-0.15, -0.1) is 0 Å². The maximum atomic E-state index is 11.0. The molecule has 0 amide bonds. The minimum Gasteiger partial charge on any atom is -0.468 e. The summed E-state index contributed by atoms with van der Waals surface area (Å²) in [5.74, 6) is -0.390. The second kappa shape index (κ2) is 6.33. The predicted molar refractivity (Wildman–Crippen MR) is 74.2 cm³/mol. The third-order valence-corrected chi connectivity index (χ3v) is 2.65. The molecule has 8 heteroatoms. The maximum absolute atomic E-state index is 11.0. The van der Waals surface area contributed by atoms with Crippen LogP contribution in [-0.4, -0.2) is 21.0 Å². The first kappa shape index (κ1) is 14.3. The summed E-state index contributed by atoms with van der Waals surface area (Å²) in [7, 11) is 0. The Morgan fingerprint density at radius 1 is 1.43 bits per heavy atom. The first-order valence-electron chi connectivity index (χ1n) is 5.91. The van der Waals surface area contributed by atoms with Gasteiger partial charge in [-0.2, -0.15) is 0 Å². The Balaban J connectivity index is 2.25. The Labute approximate surface area is 119 Å². The number of nitro groups is 1. The fourth-order valence-corrected chi connectivity index (χ4v) is 1.61. The minimum atomic E-state index is -0.637. The van der Waals surface area contributed by atoms with Crippen molar-refractivity contribution in [2.45, 2.75) is 6.61 Å². The van der Waals surface area contributed by atoms with Crippen molar-refractivity contribution in [1.82, 2.24) is 4.98 Å². The zero-order valence-corrected chi connectivity index (χ0v) is 10.8. The smallest absolute Gasteiger partial charge is 0.331 e. The van der Waals surface area contributed by atoms with E-state index in [-0.39, 0.29) is 29.6 Å². The van der Waals surface area contributed by atoms with Crippen LogP contribution < -0.4 is 10.5 Å². The molecule has 21 heavy (non-hydrogen) atoms. The van der Waals surface area contributed by atoms with Gasteiger partial charge in [0.05, 0.1) is 4.92 Å². The standard InChI is InChI=1S/C13H12N4O4/c14-12(16-18)10-6-11(17(19)20)13(15-7-10)21-8-9-4-2-1-3-5-9/h1-7,18H,8H2,(H2,14,16). The van der Waals surface area contributed by atoms with Gasteiger partial charge in [-0.3, -0.25) is 10.1 Å². The van der Waals surface area contributed by atoms with E-state index in [1.54, 1.807) is 0 Å². The van der Waals surface area contributed by atoms with Crippen LogP contribution >= 0.6 is 0 Å². The van der Waals surface area contributed by atoms with Crippen LogP contribution in [0.25, 0.3) is 0 Å². The molecule has 0 spiro atoms. The van der Waals surface area contributed by atoms with Crippen molar-refractivity contribution < 1.29 is 14.9 Å². The third-order valence-electron chi connectivity index (χ3n) is 2.65. The molecule has 0 atom stereocenters. The lowest BCUT2D eigenvalue weighted by atomic mass is 10.2. The van der Waals surface area contributed by atoms with Gasteiger partial charge in [0.25, 0.3) is 5.88 Å². The molecule has 3 N–H and O–H groups in total. The average Bonchev–Trinajstić information content (AvgIpc) is 2.52. The van der Waals surface area contributed by atoms with Gasteiger partial charge in [-0.25, -0.2) is 4.98 Å². The highest BCUT2D eigenvalue weighted by atomic mass is 16.6. The van der Waals surface area contributed by atoms with Gasteiger partial charge in [0, 0.05) is 17.8 Å². The zero-order valence-electron chi connectivity index (χ0n) is 10.8. The molecule has 0 aliphatic rings. The molecule has 0 fully saturated rings.